The molecule has 0 aliphatic carbocycles. The number of aryl methyl sites for hydroxylation is 1. The summed E-state index contributed by atoms with van der Waals surface area (Å²) in [6.07, 6.45) is 1.62. The van der Waals surface area contributed by atoms with E-state index in [1.54, 1.807) is 25.3 Å². The predicted molar refractivity (Wildman–Crippen MR) is 127 cm³/mol. The number of nitrogens with zero attached hydrogens (tertiary/aromatic N) is 2. The highest BCUT2D eigenvalue weighted by atomic mass is 19.1. The maximum Gasteiger partial charge on any atom is 0.258 e. The summed E-state index contributed by atoms with van der Waals surface area (Å²) in [5.41, 5.74) is 3.50. The summed E-state index contributed by atoms with van der Waals surface area (Å²) in [6.45, 7) is 4.39. The van der Waals surface area contributed by atoms with Gasteiger partial charge in [0.15, 0.2) is 11.5 Å². The fourth-order valence-electron chi connectivity index (χ4n) is 4.35. The largest absolute Gasteiger partial charge is 0.504 e. The number of rotatable bonds is 6. The van der Waals surface area contributed by atoms with E-state index in [9.17, 15) is 14.3 Å². The van der Waals surface area contributed by atoms with E-state index in [0.29, 0.717) is 17.0 Å². The summed E-state index contributed by atoms with van der Waals surface area (Å²) < 4.78 is 18.8. The number of halogens is 1. The van der Waals surface area contributed by atoms with E-state index in [4.69, 9.17) is 4.74 Å². The van der Waals surface area contributed by atoms with Crippen LogP contribution >= 0.6 is 0 Å². The van der Waals surface area contributed by atoms with Crippen LogP contribution in [0.3, 0.4) is 0 Å². The van der Waals surface area contributed by atoms with E-state index in [1.165, 1.54) is 12.1 Å². The Hall–Kier alpha value is -3.38. The molecule has 172 valence electrons. The van der Waals surface area contributed by atoms with Crippen molar-refractivity contribution in [2.24, 2.45) is 0 Å². The molecule has 0 aromatic heterocycles. The smallest absolute Gasteiger partial charge is 0.258 e. The Bertz CT molecular complexity index is 1090. The molecule has 1 saturated heterocycles. The Morgan fingerprint density at radius 2 is 1.73 bits per heavy atom. The quantitative estimate of drug-likeness (QED) is 0.566. The number of methoxy groups -OCH3 is 1. The molecule has 0 spiro atoms. The van der Waals surface area contributed by atoms with E-state index in [1.807, 2.05) is 48.2 Å². The van der Waals surface area contributed by atoms with Crippen LogP contribution in [0.25, 0.3) is 0 Å². The van der Waals surface area contributed by atoms with E-state index in [-0.39, 0.29) is 23.5 Å². The molecule has 3 aromatic carbocycles. The van der Waals surface area contributed by atoms with Crippen molar-refractivity contribution in [1.29, 1.82) is 0 Å². The molecule has 1 heterocycles. The van der Waals surface area contributed by atoms with Crippen LogP contribution in [0.15, 0.2) is 66.7 Å². The molecule has 0 saturated carbocycles. The van der Waals surface area contributed by atoms with Gasteiger partial charge in [0, 0.05) is 36.9 Å². The molecule has 0 radical (unpaired) electrons. The number of likely N-dealkylation sites (tertiary alicyclic amines) is 1. The lowest BCUT2D eigenvalue weighted by Crippen LogP contribution is -2.47. The fourth-order valence-corrected chi connectivity index (χ4v) is 4.35. The molecular formula is C27H29FN2O3. The zero-order valence-corrected chi connectivity index (χ0v) is 19.0. The SMILES string of the molecule is COc1cc(CN2CCC(N(C(=O)c3ccc(C)cc3)c3ccc(F)cc3)CC2)ccc1O. The fraction of sp³-hybridized carbons (Fsp3) is 0.296. The van der Waals surface area contributed by atoms with Crippen LogP contribution in [-0.2, 0) is 6.54 Å². The maximum absolute atomic E-state index is 13.6. The number of benzene rings is 3. The minimum absolute atomic E-state index is 0.0230. The summed E-state index contributed by atoms with van der Waals surface area (Å²) in [4.78, 5) is 17.7. The van der Waals surface area contributed by atoms with E-state index >= 15 is 0 Å². The van der Waals surface area contributed by atoms with Crippen molar-refractivity contribution < 1.29 is 19.0 Å². The van der Waals surface area contributed by atoms with Gasteiger partial charge in [0.25, 0.3) is 5.91 Å². The maximum atomic E-state index is 13.6. The molecule has 1 fully saturated rings. The molecule has 6 heteroatoms. The highest BCUT2D eigenvalue weighted by molar-refractivity contribution is 6.06. The van der Waals surface area contributed by atoms with Crippen molar-refractivity contribution in [3.63, 3.8) is 0 Å². The first kappa shape index (κ1) is 22.8. The Labute approximate surface area is 194 Å². The van der Waals surface area contributed by atoms with Gasteiger partial charge in [-0.05, 0) is 73.9 Å². The molecule has 1 N–H and O–H groups in total. The summed E-state index contributed by atoms with van der Waals surface area (Å²) in [5, 5.41) is 9.82. The lowest BCUT2D eigenvalue weighted by atomic mass is 10.00. The third-order valence-corrected chi connectivity index (χ3v) is 6.19. The average molecular weight is 449 g/mol. The number of hydrogen-bond donors (Lipinski definition) is 1. The number of piperidine rings is 1. The van der Waals surface area contributed by atoms with Gasteiger partial charge >= 0.3 is 0 Å². The summed E-state index contributed by atoms with van der Waals surface area (Å²) in [5.74, 6) is 0.210. The number of ether oxygens (including phenoxy) is 1. The average Bonchev–Trinajstić information content (AvgIpc) is 2.83. The number of amides is 1. The number of carbonyl (C=O) groups excluding carboxylic acids is 1. The Morgan fingerprint density at radius 3 is 2.36 bits per heavy atom. The van der Waals surface area contributed by atoms with Crippen LogP contribution in [0.1, 0.15) is 34.3 Å². The minimum atomic E-state index is -0.319. The van der Waals surface area contributed by atoms with Gasteiger partial charge in [-0.2, -0.15) is 0 Å². The Morgan fingerprint density at radius 1 is 1.06 bits per heavy atom. The van der Waals surface area contributed by atoms with Gasteiger partial charge in [0.2, 0.25) is 0 Å². The van der Waals surface area contributed by atoms with Crippen LogP contribution < -0.4 is 9.64 Å². The molecule has 1 aliphatic rings. The normalized spacial score (nSPS) is 14.8. The molecule has 1 amide bonds. The van der Waals surface area contributed by atoms with Crippen molar-refractivity contribution >= 4 is 11.6 Å². The summed E-state index contributed by atoms with van der Waals surface area (Å²) in [7, 11) is 1.54. The van der Waals surface area contributed by atoms with Crippen molar-refractivity contribution in [3.05, 3.63) is 89.2 Å². The first-order valence-corrected chi connectivity index (χ1v) is 11.2. The second-order valence-electron chi connectivity index (χ2n) is 8.53. The van der Waals surface area contributed by atoms with Crippen molar-refractivity contribution in [3.8, 4) is 11.5 Å². The van der Waals surface area contributed by atoms with Crippen molar-refractivity contribution in [2.75, 3.05) is 25.1 Å². The molecule has 0 unspecified atom stereocenters. The molecule has 33 heavy (non-hydrogen) atoms. The summed E-state index contributed by atoms with van der Waals surface area (Å²) >= 11 is 0. The number of hydrogen-bond acceptors (Lipinski definition) is 4. The van der Waals surface area contributed by atoms with Crippen LogP contribution in [0.4, 0.5) is 10.1 Å². The number of anilines is 1. The molecule has 4 rings (SSSR count). The topological polar surface area (TPSA) is 53.0 Å². The van der Waals surface area contributed by atoms with Crippen molar-refractivity contribution in [2.45, 2.75) is 32.4 Å². The van der Waals surface area contributed by atoms with Gasteiger partial charge < -0.3 is 14.7 Å². The minimum Gasteiger partial charge on any atom is -0.504 e. The van der Waals surface area contributed by atoms with Gasteiger partial charge in [-0.3, -0.25) is 9.69 Å². The van der Waals surface area contributed by atoms with Crippen LogP contribution in [0, 0.1) is 12.7 Å². The summed E-state index contributed by atoms with van der Waals surface area (Å²) in [6, 6.07) is 19.1. The van der Waals surface area contributed by atoms with Crippen LogP contribution in [0.2, 0.25) is 0 Å². The third kappa shape index (κ3) is 5.34. The second kappa shape index (κ2) is 10.0. The van der Waals surface area contributed by atoms with Crippen LogP contribution in [-0.4, -0.2) is 42.2 Å². The Balaban J connectivity index is 1.50. The van der Waals surface area contributed by atoms with Crippen LogP contribution in [0.5, 0.6) is 11.5 Å². The highest BCUT2D eigenvalue weighted by Crippen LogP contribution is 2.29. The van der Waals surface area contributed by atoms with Gasteiger partial charge in [-0.15, -0.1) is 0 Å². The lowest BCUT2D eigenvalue weighted by molar-refractivity contribution is 0.0958. The zero-order chi connectivity index (χ0) is 23.4. The monoisotopic (exact) mass is 448 g/mol. The zero-order valence-electron chi connectivity index (χ0n) is 19.0. The lowest BCUT2D eigenvalue weighted by Gasteiger charge is -2.38. The number of phenolic OH excluding ortho intramolecular Hbond substituents is 1. The molecular weight excluding hydrogens is 419 g/mol. The third-order valence-electron chi connectivity index (χ3n) is 6.19. The standard InChI is InChI=1S/C27H29FN2O3/c1-19-3-6-21(7-4-19)27(32)30(23-10-8-22(28)9-11-23)24-13-15-29(16-14-24)18-20-5-12-25(31)26(17-20)33-2/h3-12,17,24,31H,13-16,18H2,1-2H3. The van der Waals surface area contributed by atoms with Gasteiger partial charge in [-0.25, -0.2) is 4.39 Å². The molecule has 0 atom stereocenters. The predicted octanol–water partition coefficient (Wildman–Crippen LogP) is 5.16. The van der Waals surface area contributed by atoms with E-state index in [0.717, 1.165) is 43.6 Å². The van der Waals surface area contributed by atoms with Gasteiger partial charge in [-0.1, -0.05) is 23.8 Å². The first-order valence-electron chi connectivity index (χ1n) is 11.2. The molecule has 3 aromatic rings. The number of phenols is 1. The van der Waals surface area contributed by atoms with Gasteiger partial charge in [0.1, 0.15) is 5.82 Å². The van der Waals surface area contributed by atoms with Gasteiger partial charge in [0.05, 0.1) is 7.11 Å². The molecule has 0 bridgehead atoms. The Kier molecular flexibility index (Phi) is 6.94. The molecule has 1 aliphatic heterocycles. The van der Waals surface area contributed by atoms with E-state index in [2.05, 4.69) is 4.90 Å². The molecule has 5 nitrogen and oxygen atoms in total. The first-order chi connectivity index (χ1) is 15.9. The second-order valence-corrected chi connectivity index (χ2v) is 8.53. The number of aromatic hydroxyl groups is 1. The van der Waals surface area contributed by atoms with Crippen molar-refractivity contribution in [1.82, 2.24) is 4.90 Å². The number of carbonyl (C=O) groups is 1. The highest BCUT2D eigenvalue weighted by Gasteiger charge is 2.30. The van der Waals surface area contributed by atoms with E-state index < -0.39 is 0 Å².